The zero-order valence-electron chi connectivity index (χ0n) is 15.4. The highest BCUT2D eigenvalue weighted by molar-refractivity contribution is 5.74. The van der Waals surface area contributed by atoms with E-state index in [1.54, 1.807) is 19.2 Å². The number of pyridine rings is 1. The molecule has 6 heteroatoms. The summed E-state index contributed by atoms with van der Waals surface area (Å²) in [5.74, 6) is -0.00816. The Morgan fingerprint density at radius 1 is 1.19 bits per heavy atom. The van der Waals surface area contributed by atoms with E-state index >= 15 is 0 Å². The van der Waals surface area contributed by atoms with Crippen LogP contribution in [0.2, 0.25) is 0 Å². The standard InChI is InChI=1S/C20H28FN3O2/c1-14(25)24-16-2-3-17(24)11-19(10-16)26-18-5-8-23(9-6-18)13-15-4-7-22-12-20(15)21/h4,7,12,16-19H,2-3,5-6,8-11,13H2,1H3/t16-,17+,19?. The number of ether oxygens (including phenoxy) is 1. The van der Waals surface area contributed by atoms with Gasteiger partial charge in [-0.15, -0.1) is 0 Å². The van der Waals surface area contributed by atoms with Gasteiger partial charge in [0.15, 0.2) is 0 Å². The van der Waals surface area contributed by atoms with Crippen molar-refractivity contribution < 1.29 is 13.9 Å². The molecular weight excluding hydrogens is 333 g/mol. The van der Waals surface area contributed by atoms with Crippen molar-refractivity contribution in [2.45, 2.75) is 76.3 Å². The molecule has 3 fully saturated rings. The maximum Gasteiger partial charge on any atom is 0.219 e. The van der Waals surface area contributed by atoms with Gasteiger partial charge in [0, 0.05) is 50.4 Å². The maximum atomic E-state index is 13.8. The first-order valence-electron chi connectivity index (χ1n) is 9.85. The van der Waals surface area contributed by atoms with Crippen molar-refractivity contribution in [1.29, 1.82) is 0 Å². The lowest BCUT2D eigenvalue weighted by atomic mass is 9.98. The molecule has 0 saturated carbocycles. The van der Waals surface area contributed by atoms with Gasteiger partial charge < -0.3 is 9.64 Å². The van der Waals surface area contributed by atoms with Gasteiger partial charge in [0.1, 0.15) is 5.82 Å². The molecule has 0 N–H and O–H groups in total. The summed E-state index contributed by atoms with van der Waals surface area (Å²) in [6, 6.07) is 2.52. The Labute approximate surface area is 154 Å². The quantitative estimate of drug-likeness (QED) is 0.827. The Morgan fingerprint density at radius 2 is 1.88 bits per heavy atom. The van der Waals surface area contributed by atoms with E-state index in [1.807, 2.05) is 0 Å². The van der Waals surface area contributed by atoms with Crippen molar-refractivity contribution in [2.75, 3.05) is 13.1 Å². The van der Waals surface area contributed by atoms with Crippen LogP contribution < -0.4 is 0 Å². The number of carbonyl (C=O) groups is 1. The van der Waals surface area contributed by atoms with Crippen molar-refractivity contribution in [2.24, 2.45) is 0 Å². The first-order chi connectivity index (χ1) is 12.6. The number of halogens is 1. The van der Waals surface area contributed by atoms with Crippen LogP contribution in [0.1, 0.15) is 51.0 Å². The van der Waals surface area contributed by atoms with Crippen LogP contribution in [0, 0.1) is 5.82 Å². The Bertz CT molecular complexity index is 634. The number of aromatic nitrogens is 1. The lowest BCUT2D eigenvalue weighted by molar-refractivity contribution is -0.138. The molecule has 1 amide bonds. The van der Waals surface area contributed by atoms with Crippen LogP contribution in [0.3, 0.4) is 0 Å². The van der Waals surface area contributed by atoms with Crippen LogP contribution in [0.15, 0.2) is 18.5 Å². The molecule has 142 valence electrons. The zero-order valence-corrected chi connectivity index (χ0v) is 15.4. The number of piperidine rings is 2. The minimum Gasteiger partial charge on any atom is -0.375 e. The van der Waals surface area contributed by atoms with Crippen molar-refractivity contribution >= 4 is 5.91 Å². The second-order valence-corrected chi connectivity index (χ2v) is 7.98. The number of fused-ring (bicyclic) bond motifs is 2. The summed E-state index contributed by atoms with van der Waals surface area (Å²) in [6.45, 7) is 4.20. The van der Waals surface area contributed by atoms with Gasteiger partial charge >= 0.3 is 0 Å². The van der Waals surface area contributed by atoms with Gasteiger partial charge in [0.2, 0.25) is 5.91 Å². The summed E-state index contributed by atoms with van der Waals surface area (Å²) >= 11 is 0. The third-order valence-electron chi connectivity index (χ3n) is 6.22. The van der Waals surface area contributed by atoms with Crippen molar-refractivity contribution in [1.82, 2.24) is 14.8 Å². The molecule has 0 spiro atoms. The number of amides is 1. The molecule has 0 radical (unpaired) electrons. The summed E-state index contributed by atoms with van der Waals surface area (Å²) in [5, 5.41) is 0. The van der Waals surface area contributed by atoms with Gasteiger partial charge in [-0.3, -0.25) is 14.7 Å². The Hall–Kier alpha value is -1.53. The van der Waals surface area contributed by atoms with E-state index in [0.29, 0.717) is 30.3 Å². The first kappa shape index (κ1) is 17.9. The fraction of sp³-hybridized carbons (Fsp3) is 0.700. The number of nitrogens with zero attached hydrogens (tertiary/aromatic N) is 3. The molecule has 26 heavy (non-hydrogen) atoms. The van der Waals surface area contributed by atoms with Crippen molar-refractivity contribution in [3.8, 4) is 0 Å². The van der Waals surface area contributed by atoms with Crippen molar-refractivity contribution in [3.05, 3.63) is 29.8 Å². The minimum absolute atomic E-state index is 0.215. The Kier molecular flexibility index (Phi) is 5.23. The molecular formula is C20H28FN3O2. The van der Waals surface area contributed by atoms with E-state index in [2.05, 4.69) is 14.8 Å². The first-order valence-corrected chi connectivity index (χ1v) is 9.85. The van der Waals surface area contributed by atoms with Crippen LogP contribution in [0.4, 0.5) is 4.39 Å². The normalized spacial score (nSPS) is 29.9. The lowest BCUT2D eigenvalue weighted by Gasteiger charge is -2.41. The molecule has 1 unspecified atom stereocenters. The molecule has 1 aromatic rings. The summed E-state index contributed by atoms with van der Waals surface area (Å²) in [4.78, 5) is 20.0. The minimum atomic E-state index is -0.224. The van der Waals surface area contributed by atoms with Crippen LogP contribution in [0.5, 0.6) is 0 Å². The van der Waals surface area contributed by atoms with E-state index in [0.717, 1.165) is 51.6 Å². The molecule has 1 aromatic heterocycles. The summed E-state index contributed by atoms with van der Waals surface area (Å²) in [5.41, 5.74) is 0.715. The predicted molar refractivity (Wildman–Crippen MR) is 95.9 cm³/mol. The zero-order chi connectivity index (χ0) is 18.1. The number of hydrogen-bond acceptors (Lipinski definition) is 4. The van der Waals surface area contributed by atoms with Gasteiger partial charge in [-0.2, -0.15) is 0 Å². The molecule has 2 bridgehead atoms. The van der Waals surface area contributed by atoms with Gasteiger partial charge in [0.05, 0.1) is 18.4 Å². The SMILES string of the molecule is CC(=O)N1[C@@H]2CC[C@H]1CC(OC1CCN(Cc3ccncc3F)CC1)C2. The molecule has 3 aliphatic heterocycles. The molecule has 5 nitrogen and oxygen atoms in total. The summed E-state index contributed by atoms with van der Waals surface area (Å²) in [6.07, 6.45) is 9.73. The average molecular weight is 361 g/mol. The van der Waals surface area contributed by atoms with E-state index in [9.17, 15) is 9.18 Å². The summed E-state index contributed by atoms with van der Waals surface area (Å²) in [7, 11) is 0. The van der Waals surface area contributed by atoms with Gasteiger partial charge in [0.25, 0.3) is 0 Å². The van der Waals surface area contributed by atoms with Crippen LogP contribution in [0.25, 0.3) is 0 Å². The number of carbonyl (C=O) groups excluding carboxylic acids is 1. The highest BCUT2D eigenvalue weighted by atomic mass is 19.1. The average Bonchev–Trinajstić information content (AvgIpc) is 2.90. The molecule has 3 saturated heterocycles. The van der Waals surface area contributed by atoms with Crippen LogP contribution in [-0.2, 0) is 16.1 Å². The number of rotatable bonds is 4. The predicted octanol–water partition coefficient (Wildman–Crippen LogP) is 2.74. The Morgan fingerprint density at radius 3 is 2.50 bits per heavy atom. The number of hydrogen-bond donors (Lipinski definition) is 0. The second-order valence-electron chi connectivity index (χ2n) is 7.98. The lowest BCUT2D eigenvalue weighted by Crippen LogP contribution is -2.49. The molecule has 3 atom stereocenters. The van der Waals surface area contributed by atoms with Crippen LogP contribution in [-0.4, -0.2) is 58.1 Å². The highest BCUT2D eigenvalue weighted by Gasteiger charge is 2.43. The fourth-order valence-corrected chi connectivity index (χ4v) is 5.00. The Balaban J connectivity index is 1.25. The fourth-order valence-electron chi connectivity index (χ4n) is 5.00. The van der Waals surface area contributed by atoms with E-state index < -0.39 is 0 Å². The topological polar surface area (TPSA) is 45.7 Å². The molecule has 4 rings (SSSR count). The van der Waals surface area contributed by atoms with E-state index in [4.69, 9.17) is 4.74 Å². The van der Waals surface area contributed by atoms with Gasteiger partial charge in [-0.25, -0.2) is 4.39 Å². The molecule has 0 aromatic carbocycles. The second kappa shape index (κ2) is 7.61. The van der Waals surface area contributed by atoms with Gasteiger partial charge in [-0.1, -0.05) is 0 Å². The molecule has 0 aliphatic carbocycles. The maximum absolute atomic E-state index is 13.8. The third-order valence-corrected chi connectivity index (χ3v) is 6.22. The van der Waals surface area contributed by atoms with Crippen molar-refractivity contribution in [3.63, 3.8) is 0 Å². The van der Waals surface area contributed by atoms with E-state index in [1.165, 1.54) is 6.20 Å². The summed E-state index contributed by atoms with van der Waals surface area (Å²) < 4.78 is 20.2. The largest absolute Gasteiger partial charge is 0.375 e. The third kappa shape index (κ3) is 3.76. The molecule has 4 heterocycles. The van der Waals surface area contributed by atoms with E-state index in [-0.39, 0.29) is 17.8 Å². The van der Waals surface area contributed by atoms with Gasteiger partial charge in [-0.05, 0) is 44.6 Å². The van der Waals surface area contributed by atoms with Crippen LogP contribution >= 0.6 is 0 Å². The highest BCUT2D eigenvalue weighted by Crippen LogP contribution is 2.37. The monoisotopic (exact) mass is 361 g/mol. The smallest absolute Gasteiger partial charge is 0.219 e. The number of likely N-dealkylation sites (tertiary alicyclic amines) is 1. The molecule has 3 aliphatic rings.